The molecule has 6 heteroatoms. The first-order valence-electron chi connectivity index (χ1n) is 35.7. The van der Waals surface area contributed by atoms with Crippen LogP contribution in [0, 0.1) is 0 Å². The van der Waals surface area contributed by atoms with Gasteiger partial charge in [-0.25, -0.2) is 0 Å². The third-order valence-electron chi connectivity index (χ3n) is 23.3. The van der Waals surface area contributed by atoms with Crippen molar-refractivity contribution < 1.29 is 13.7 Å². The van der Waals surface area contributed by atoms with Crippen molar-refractivity contribution >= 4 is 135 Å². The molecule has 6 aliphatic heterocycles. The highest BCUT2D eigenvalue weighted by Gasteiger charge is 2.72. The number of hydrogen-bond donors (Lipinski definition) is 0. The van der Waals surface area contributed by atoms with Crippen molar-refractivity contribution in [2.75, 3.05) is 0 Å². The third kappa shape index (κ3) is 7.63. The lowest BCUT2D eigenvalue weighted by molar-refractivity contribution is -0.647. The molecule has 0 bridgehead atoms. The van der Waals surface area contributed by atoms with Crippen LogP contribution in [0.1, 0.15) is 34.0 Å². The summed E-state index contributed by atoms with van der Waals surface area (Å²) in [7, 11) is -6.15. The summed E-state index contributed by atoms with van der Waals surface area (Å²) in [5, 5.41) is 25.4. The van der Waals surface area contributed by atoms with Gasteiger partial charge in [0.05, 0.1) is 54.9 Å². The molecule has 3 aromatic heterocycles. The van der Waals surface area contributed by atoms with E-state index in [9.17, 15) is 0 Å². The number of benzene rings is 15. The minimum atomic E-state index is -2.08. The van der Waals surface area contributed by atoms with E-state index >= 15 is 0 Å². The summed E-state index contributed by atoms with van der Waals surface area (Å²) < 4.78 is 8.09. The molecule has 6 aliphatic rings. The van der Waals surface area contributed by atoms with Crippen molar-refractivity contribution in [1.82, 2.24) is 0 Å². The summed E-state index contributed by atoms with van der Waals surface area (Å²) in [5.41, 5.74) is 16.8. The molecule has 0 amide bonds. The SMILES string of the molecule is c1ccc([P+]2(c3ccccc3)c3c4ccccc4cc4ccc5[n+](c34)C2c2ccccc2-5)cc1.c1ccc([P+]2(c3ccccc3)c3cc4ccccc4c4ccc5[n+](c34)C2c2ccccc2-5)cc1.c1ccc([P+]2(c3ccccc3)c3cccc4c5ccccc5c5[n+](c34)C2c2ccccc2-5)cc1. The molecule has 18 aromatic rings. The molecule has 0 N–H and O–H groups in total. The minimum Gasteiger partial charge on any atom is -0.146 e. The lowest BCUT2D eigenvalue weighted by atomic mass is 10.00. The second-order valence-electron chi connectivity index (χ2n) is 27.9. The highest BCUT2D eigenvalue weighted by Crippen LogP contribution is 2.75. The molecule has 0 saturated carbocycles. The van der Waals surface area contributed by atoms with Crippen LogP contribution in [0.2, 0.25) is 0 Å². The number of aromatic nitrogens is 3. The summed E-state index contributed by atoms with van der Waals surface area (Å²) in [6, 6.07) is 143. The van der Waals surface area contributed by atoms with Gasteiger partial charge in [0.25, 0.3) is 33.9 Å². The molecule has 3 nitrogen and oxygen atoms in total. The predicted octanol–water partition coefficient (Wildman–Crippen LogP) is 18.3. The van der Waals surface area contributed by atoms with E-state index in [0.717, 1.165) is 0 Å². The molecule has 24 rings (SSSR count). The van der Waals surface area contributed by atoms with Gasteiger partial charge < -0.3 is 0 Å². The van der Waals surface area contributed by atoms with Crippen LogP contribution in [0.5, 0.6) is 0 Å². The van der Waals surface area contributed by atoms with Crippen molar-refractivity contribution in [2.24, 2.45) is 0 Å². The van der Waals surface area contributed by atoms with Crippen LogP contribution < -0.4 is 61.4 Å². The number of pyridine rings is 3. The first-order chi connectivity index (χ1) is 50.7. The Morgan fingerprint density at radius 3 is 1.12 bits per heavy atom. The van der Waals surface area contributed by atoms with Gasteiger partial charge in [0.2, 0.25) is 17.1 Å². The largest absolute Gasteiger partial charge is 0.298 e. The molecular formula is C96H66N3P3+6. The van der Waals surface area contributed by atoms with Crippen LogP contribution in [0.4, 0.5) is 0 Å². The summed E-state index contributed by atoms with van der Waals surface area (Å²) in [5.74, 6) is 0.819. The third-order valence-corrected chi connectivity index (χ3v) is 37.1. The Balaban J connectivity index is 0.0000000967. The van der Waals surface area contributed by atoms with Crippen LogP contribution in [0.25, 0.3) is 98.8 Å². The van der Waals surface area contributed by atoms with Crippen molar-refractivity contribution in [1.29, 1.82) is 0 Å². The molecular weight excluding hydrogens is 1290 g/mol. The maximum Gasteiger partial charge on any atom is 0.298 e. The maximum absolute atomic E-state index is 2.71. The van der Waals surface area contributed by atoms with Crippen molar-refractivity contribution in [3.05, 3.63) is 399 Å². The summed E-state index contributed by atoms with van der Waals surface area (Å²) in [6.07, 6.45) is 0. The van der Waals surface area contributed by atoms with Crippen LogP contribution >= 0.6 is 21.8 Å². The van der Waals surface area contributed by atoms with Gasteiger partial charge >= 0.3 is 0 Å². The quantitative estimate of drug-likeness (QED) is 0.0681. The Hall–Kier alpha value is -11.4. The summed E-state index contributed by atoms with van der Waals surface area (Å²) in [4.78, 5) is 0. The van der Waals surface area contributed by atoms with Crippen molar-refractivity contribution in [3.63, 3.8) is 0 Å². The van der Waals surface area contributed by atoms with Gasteiger partial charge in [-0.3, -0.25) is 0 Å². The normalized spacial score (nSPS) is 16.8. The molecule has 3 unspecified atom stereocenters. The Morgan fingerprint density at radius 1 is 0.206 bits per heavy atom. The predicted molar refractivity (Wildman–Crippen MR) is 432 cm³/mol. The lowest BCUT2D eigenvalue weighted by Gasteiger charge is -2.25. The van der Waals surface area contributed by atoms with Crippen LogP contribution in [0.3, 0.4) is 0 Å². The minimum absolute atomic E-state index is 0.271. The first-order valence-corrected chi connectivity index (χ1v) is 41.2. The molecule has 0 saturated heterocycles. The average Bonchev–Trinajstić information content (AvgIpc) is 1.52. The summed E-state index contributed by atoms with van der Waals surface area (Å²) in [6.45, 7) is 0. The molecule has 474 valence electrons. The number of fused-ring (bicyclic) bond motifs is 16. The van der Waals surface area contributed by atoms with E-state index in [1.165, 1.54) is 158 Å². The molecule has 0 aliphatic carbocycles. The molecule has 0 radical (unpaired) electrons. The van der Waals surface area contributed by atoms with Crippen LogP contribution in [-0.2, 0) is 0 Å². The smallest absolute Gasteiger partial charge is 0.146 e. The van der Waals surface area contributed by atoms with Gasteiger partial charge in [-0.1, -0.05) is 218 Å². The van der Waals surface area contributed by atoms with Gasteiger partial charge in [0.1, 0.15) is 31.8 Å². The molecule has 3 atom stereocenters. The fourth-order valence-electron chi connectivity index (χ4n) is 19.7. The fraction of sp³-hybridized carbons (Fsp3) is 0.0312. The van der Waals surface area contributed by atoms with E-state index in [2.05, 4.69) is 396 Å². The highest BCUT2D eigenvalue weighted by atomic mass is 31.2. The van der Waals surface area contributed by atoms with Crippen LogP contribution in [0.15, 0.2) is 382 Å². The zero-order valence-corrected chi connectivity index (χ0v) is 58.5. The summed E-state index contributed by atoms with van der Waals surface area (Å²) >= 11 is 0. The standard InChI is InChI=1S/3C32H22NP/c1-3-12-22(13-4-1)34(23-14-5-2-6-15-23)29-21-11-20-26-24-16-7-8-17-25(24)30-27-18-9-10-19-28(27)32(34)33(30)31(26)29;1-3-12-24(13-4-1)34(25-14-5-2-6-15-25)31-26-16-8-7-11-22(26)21-23-19-20-29-27-17-9-10-18-28(27)32(34)33(29)30(23)31;1-3-12-23(13-4-1)34(24-14-5-2-6-15-24)30-21-22-11-7-8-16-25(22)27-19-20-29-26-17-9-10-18-28(26)32(34)33(29)31(27)30/h3*1-21,32H/q3*+2. The maximum atomic E-state index is 2.71. The van der Waals surface area contributed by atoms with E-state index in [1.54, 1.807) is 5.30 Å². The first kappa shape index (κ1) is 58.4. The fourth-order valence-corrected chi connectivity index (χ4v) is 35.1. The molecule has 15 aromatic carbocycles. The molecule has 102 heavy (non-hydrogen) atoms. The Kier molecular flexibility index (Phi) is 12.8. The zero-order chi connectivity index (χ0) is 66.8. The molecule has 0 spiro atoms. The number of hydrogen-bond acceptors (Lipinski definition) is 0. The van der Waals surface area contributed by atoms with Gasteiger partial charge in [0, 0.05) is 22.9 Å². The number of para-hydroxylation sites is 1. The Bertz CT molecular complexity index is 6390. The second-order valence-corrected chi connectivity index (χ2v) is 38.3. The van der Waals surface area contributed by atoms with Gasteiger partial charge in [-0.2, -0.15) is 0 Å². The lowest BCUT2D eigenvalue weighted by Crippen LogP contribution is -2.40. The van der Waals surface area contributed by atoms with Gasteiger partial charge in [-0.15, -0.1) is 13.7 Å². The van der Waals surface area contributed by atoms with E-state index in [-0.39, 0.29) is 17.3 Å². The topological polar surface area (TPSA) is 11.6 Å². The van der Waals surface area contributed by atoms with Gasteiger partial charge in [0.15, 0.2) is 37.7 Å². The number of nitrogens with zero attached hydrogens (tertiary/aromatic N) is 3. The number of rotatable bonds is 6. The molecule has 9 heterocycles. The Labute approximate surface area is 594 Å². The van der Waals surface area contributed by atoms with E-state index < -0.39 is 21.8 Å². The molecule has 0 fully saturated rings. The monoisotopic (exact) mass is 1350 g/mol. The second kappa shape index (κ2) is 22.3. The van der Waals surface area contributed by atoms with Gasteiger partial charge in [-0.05, 0) is 168 Å². The highest BCUT2D eigenvalue weighted by molar-refractivity contribution is 7.97. The van der Waals surface area contributed by atoms with Crippen molar-refractivity contribution in [2.45, 2.75) is 17.3 Å². The Morgan fingerprint density at radius 2 is 0.569 bits per heavy atom. The average molecular weight is 1350 g/mol. The van der Waals surface area contributed by atoms with E-state index in [1.807, 2.05) is 0 Å². The van der Waals surface area contributed by atoms with Crippen LogP contribution in [-0.4, -0.2) is 0 Å². The van der Waals surface area contributed by atoms with Crippen molar-refractivity contribution in [3.8, 4) is 33.8 Å². The van der Waals surface area contributed by atoms with E-state index in [4.69, 9.17) is 0 Å². The zero-order valence-electron chi connectivity index (χ0n) is 55.8. The van der Waals surface area contributed by atoms with E-state index in [0.29, 0.717) is 0 Å².